The van der Waals surface area contributed by atoms with Crippen molar-refractivity contribution in [2.24, 2.45) is 0 Å². The zero-order chi connectivity index (χ0) is 15.9. The van der Waals surface area contributed by atoms with E-state index in [0.29, 0.717) is 0 Å². The van der Waals surface area contributed by atoms with Gasteiger partial charge in [0.2, 0.25) is 0 Å². The third-order valence-corrected chi connectivity index (χ3v) is 2.19. The molecule has 0 unspecified atom stereocenters. The van der Waals surface area contributed by atoms with Gasteiger partial charge in [0.05, 0.1) is 0 Å². The fraction of sp³-hybridized carbons (Fsp3) is 1.00. The van der Waals surface area contributed by atoms with Gasteiger partial charge in [-0.15, -0.1) is 4.94 Å². The van der Waals surface area contributed by atoms with Crippen LogP contribution in [0.5, 0.6) is 0 Å². The first-order valence-corrected chi connectivity index (χ1v) is 4.85. The lowest BCUT2D eigenvalue weighted by atomic mass is 10.5. The van der Waals surface area contributed by atoms with Crippen LogP contribution in [0.15, 0.2) is 0 Å². The molecule has 0 aromatic heterocycles. The molecule has 0 amide bonds. The van der Waals surface area contributed by atoms with Gasteiger partial charge in [0.25, 0.3) is 0 Å². The maximum Gasteiger partial charge on any atom is 0.478 e. The van der Waals surface area contributed by atoms with Gasteiger partial charge >= 0.3 is 33.8 Å². The summed E-state index contributed by atoms with van der Waals surface area (Å²) in [6, 6.07) is 0. The van der Waals surface area contributed by atoms with Crippen LogP contribution in [0, 0.1) is 0 Å². The van der Waals surface area contributed by atoms with Gasteiger partial charge in [-0.2, -0.15) is 43.5 Å². The quantitative estimate of drug-likeness (QED) is 0.553. The van der Waals surface area contributed by atoms with Crippen molar-refractivity contribution < 1.29 is 61.6 Å². The Morgan fingerprint density at radius 2 is 1.11 bits per heavy atom. The predicted molar refractivity (Wildman–Crippen MR) is 33.1 cm³/mol. The minimum Gasteiger partial charge on any atom is -0.242 e. The van der Waals surface area contributed by atoms with Crippen LogP contribution in [0.3, 0.4) is 0 Å². The molecule has 4 nitrogen and oxygen atoms in total. The minimum absolute atomic E-state index is 1.22. The Kier molecular flexibility index (Phi) is 4.42. The van der Waals surface area contributed by atoms with Crippen molar-refractivity contribution in [1.29, 1.82) is 0 Å². The molecule has 0 bridgehead atoms. The van der Waals surface area contributed by atoms with E-state index in [0.717, 1.165) is 0 Å². The fourth-order valence-electron chi connectivity index (χ4n) is 0.467. The van der Waals surface area contributed by atoms with Crippen LogP contribution >= 0.6 is 0 Å². The Morgan fingerprint density at radius 1 is 0.737 bits per heavy atom. The average Bonchev–Trinajstić information content (AvgIpc) is 2.13. The van der Waals surface area contributed by atoms with E-state index in [4.69, 9.17) is 0 Å². The molecule has 0 aliphatic carbocycles. The Bertz CT molecular complexity index is 429. The second kappa shape index (κ2) is 4.62. The maximum atomic E-state index is 12.3. The first-order valence-electron chi connectivity index (χ1n) is 3.47. The SMILES string of the molecule is O=S(=O)(F)C(F)(F)C(F)(F)OC(F)(F)C(F)(F)OF. The van der Waals surface area contributed by atoms with E-state index >= 15 is 0 Å². The third kappa shape index (κ3) is 3.19. The Balaban J connectivity index is 5.51. The average molecular weight is 334 g/mol. The molecular formula is C4F10O4S. The first-order chi connectivity index (χ1) is 8.02. The van der Waals surface area contributed by atoms with Crippen molar-refractivity contribution in [2.45, 2.75) is 23.6 Å². The summed E-state index contributed by atoms with van der Waals surface area (Å²) in [7, 11) is -7.51. The van der Waals surface area contributed by atoms with Gasteiger partial charge in [-0.3, -0.25) is 0 Å². The van der Waals surface area contributed by atoms with Crippen LogP contribution in [0.2, 0.25) is 0 Å². The molecule has 0 saturated carbocycles. The molecule has 0 heterocycles. The molecule has 0 saturated heterocycles. The molecule has 0 spiro atoms. The van der Waals surface area contributed by atoms with Gasteiger partial charge in [0, 0.05) is 0 Å². The number of ether oxygens (including phenoxy) is 1. The second-order valence-corrected chi connectivity index (χ2v) is 4.07. The van der Waals surface area contributed by atoms with Gasteiger partial charge in [-0.1, -0.05) is 3.89 Å². The molecular weight excluding hydrogens is 334 g/mol. The second-order valence-electron chi connectivity index (χ2n) is 2.68. The summed E-state index contributed by atoms with van der Waals surface area (Å²) in [6.07, 6.45) is -20.2. The van der Waals surface area contributed by atoms with Crippen molar-refractivity contribution in [2.75, 3.05) is 0 Å². The lowest BCUT2D eigenvalue weighted by molar-refractivity contribution is -0.524. The highest BCUT2D eigenvalue weighted by Gasteiger charge is 2.75. The van der Waals surface area contributed by atoms with E-state index < -0.39 is 33.8 Å². The molecule has 0 fully saturated rings. The number of hydrogen-bond donors (Lipinski definition) is 0. The molecule has 0 radical (unpaired) electrons. The van der Waals surface area contributed by atoms with Gasteiger partial charge in [-0.05, 0) is 4.53 Å². The topological polar surface area (TPSA) is 52.6 Å². The minimum atomic E-state index is -7.51. The van der Waals surface area contributed by atoms with Crippen LogP contribution in [-0.4, -0.2) is 32.0 Å². The molecule has 0 aromatic rings. The molecule has 0 N–H and O–H groups in total. The molecule has 15 heteroatoms. The molecule has 0 rings (SSSR count). The fourth-order valence-corrected chi connectivity index (χ4v) is 0.792. The van der Waals surface area contributed by atoms with E-state index in [9.17, 15) is 52.0 Å². The molecule has 0 atom stereocenters. The summed E-state index contributed by atoms with van der Waals surface area (Å²) in [5.74, 6) is 0. The van der Waals surface area contributed by atoms with Crippen LogP contribution in [0.1, 0.15) is 0 Å². The molecule has 0 aromatic carbocycles. The van der Waals surface area contributed by atoms with E-state index in [1.54, 1.807) is 0 Å². The van der Waals surface area contributed by atoms with E-state index in [1.807, 2.05) is 0 Å². The van der Waals surface area contributed by atoms with E-state index in [2.05, 4.69) is 0 Å². The van der Waals surface area contributed by atoms with Gasteiger partial charge in [0.15, 0.2) is 0 Å². The van der Waals surface area contributed by atoms with E-state index in [1.165, 1.54) is 9.68 Å². The zero-order valence-electron chi connectivity index (χ0n) is 7.82. The number of hydrogen-bond acceptors (Lipinski definition) is 4. The highest BCUT2D eigenvalue weighted by Crippen LogP contribution is 2.47. The lowest BCUT2D eigenvalue weighted by Gasteiger charge is -2.28. The summed E-state index contributed by atoms with van der Waals surface area (Å²) >= 11 is 0. The third-order valence-electron chi connectivity index (χ3n) is 1.34. The highest BCUT2D eigenvalue weighted by atomic mass is 32.3. The molecule has 0 aliphatic rings. The Hall–Kier alpha value is -0.830. The predicted octanol–water partition coefficient (Wildman–Crippen LogP) is 2.57. The number of halogens is 10. The monoisotopic (exact) mass is 334 g/mol. The van der Waals surface area contributed by atoms with Crippen LogP contribution in [-0.2, 0) is 19.9 Å². The lowest BCUT2D eigenvalue weighted by Crippen LogP contribution is -2.55. The van der Waals surface area contributed by atoms with Crippen LogP contribution in [0.25, 0.3) is 0 Å². The van der Waals surface area contributed by atoms with Gasteiger partial charge in [0.1, 0.15) is 0 Å². The number of rotatable bonds is 6. The smallest absolute Gasteiger partial charge is 0.242 e. The van der Waals surface area contributed by atoms with Gasteiger partial charge in [-0.25, -0.2) is 4.74 Å². The summed E-state index contributed by atoms with van der Waals surface area (Å²) in [4.78, 5) is 1.22. The largest absolute Gasteiger partial charge is 0.478 e. The summed E-state index contributed by atoms with van der Waals surface area (Å²) < 4.78 is 140. The van der Waals surface area contributed by atoms with Crippen molar-refractivity contribution in [1.82, 2.24) is 0 Å². The first kappa shape index (κ1) is 18.2. The molecule has 0 aliphatic heterocycles. The summed E-state index contributed by atoms with van der Waals surface area (Å²) in [5, 5.41) is -6.93. The van der Waals surface area contributed by atoms with Gasteiger partial charge < -0.3 is 0 Å². The summed E-state index contributed by atoms with van der Waals surface area (Å²) in [5.41, 5.74) is 0. The standard InChI is InChI=1S/C4F10O4S/c5-1(6,2(7,8)18-13)17-3(9,10)4(11,12)19(14,15)16. The highest BCUT2D eigenvalue weighted by molar-refractivity contribution is 7.87. The van der Waals surface area contributed by atoms with Crippen LogP contribution in [0.4, 0.5) is 43.5 Å². The zero-order valence-corrected chi connectivity index (χ0v) is 8.64. The normalized spacial score (nSPS) is 15.7. The van der Waals surface area contributed by atoms with Crippen molar-refractivity contribution in [3.8, 4) is 0 Å². The van der Waals surface area contributed by atoms with Crippen molar-refractivity contribution >= 4 is 10.2 Å². The van der Waals surface area contributed by atoms with Crippen molar-refractivity contribution in [3.63, 3.8) is 0 Å². The summed E-state index contributed by atoms with van der Waals surface area (Å²) in [6.45, 7) is 0. The van der Waals surface area contributed by atoms with Crippen molar-refractivity contribution in [3.05, 3.63) is 0 Å². The molecule has 19 heavy (non-hydrogen) atoms. The van der Waals surface area contributed by atoms with Crippen LogP contribution < -0.4 is 0 Å². The van der Waals surface area contributed by atoms with E-state index in [-0.39, 0.29) is 0 Å². The molecule has 116 valence electrons. The number of alkyl halides is 8. The Morgan fingerprint density at radius 3 is 1.37 bits per heavy atom. The Labute approximate surface area is 96.5 Å². The maximum absolute atomic E-state index is 12.3.